The van der Waals surface area contributed by atoms with Crippen LogP contribution in [0.3, 0.4) is 0 Å². The first kappa shape index (κ1) is 34.4. The lowest BCUT2D eigenvalue weighted by atomic mass is 10.0. The summed E-state index contributed by atoms with van der Waals surface area (Å²) in [6, 6.07) is 53.3. The fraction of sp³-hybridized carbons (Fsp3) is 0. The SMILES string of the molecule is C1=Cc2cc3ccc(cc4ccc(cc5nc(cc1n2)-c1ccccc1-5)[nH]4)[nH]3.C1=Cc2cc3ccc(cc4ccc(cc5nc(cc1n2)C=C5)[nH]4)[nH]3.c1ccccc1. The number of aromatic amines is 4. The van der Waals surface area contributed by atoms with Crippen LogP contribution in [0.5, 0.6) is 0 Å². The molecule has 0 amide bonds. The Hall–Kier alpha value is -8.10. The number of aromatic nitrogens is 8. The summed E-state index contributed by atoms with van der Waals surface area (Å²) in [6.07, 6.45) is 12.1. The van der Waals surface area contributed by atoms with Crippen molar-refractivity contribution in [2.45, 2.75) is 0 Å². The van der Waals surface area contributed by atoms with Crippen molar-refractivity contribution in [2.75, 3.05) is 0 Å². The first-order valence-corrected chi connectivity index (χ1v) is 19.1. The van der Waals surface area contributed by atoms with Gasteiger partial charge in [-0.1, -0.05) is 60.7 Å². The van der Waals surface area contributed by atoms with E-state index < -0.39 is 0 Å². The quantitative estimate of drug-likeness (QED) is 0.124. The number of rotatable bonds is 0. The summed E-state index contributed by atoms with van der Waals surface area (Å²) >= 11 is 0. The van der Waals surface area contributed by atoms with Gasteiger partial charge in [0.05, 0.1) is 45.6 Å². The zero-order chi connectivity index (χ0) is 38.7. The van der Waals surface area contributed by atoms with Crippen LogP contribution in [0.15, 0.2) is 158 Å². The molecule has 16 bridgehead atoms. The predicted octanol–water partition coefficient (Wildman–Crippen LogP) is 12.2. The van der Waals surface area contributed by atoms with Crippen molar-refractivity contribution >= 4 is 80.6 Å². The van der Waals surface area contributed by atoms with Crippen LogP contribution >= 0.6 is 0 Å². The number of benzene rings is 2. The molecular weight excluding hydrogens is 713 g/mol. The fourth-order valence-electron chi connectivity index (χ4n) is 7.09. The number of nitrogens with one attached hydrogen (secondary N) is 4. The Morgan fingerprint density at radius 3 is 0.914 bits per heavy atom. The molecule has 0 saturated heterocycles. The van der Waals surface area contributed by atoms with Crippen molar-refractivity contribution in [1.82, 2.24) is 39.9 Å². The second-order valence-electron chi connectivity index (χ2n) is 14.1. The lowest BCUT2D eigenvalue weighted by Crippen LogP contribution is -1.77. The summed E-state index contributed by atoms with van der Waals surface area (Å²) in [5.74, 6) is 0. The number of fused-ring (bicyclic) bond motifs is 19. The van der Waals surface area contributed by atoms with Gasteiger partial charge in [-0.2, -0.15) is 0 Å². The molecule has 0 radical (unpaired) electrons. The molecule has 4 aliphatic rings. The summed E-state index contributed by atoms with van der Waals surface area (Å²) in [5.41, 5.74) is 18.0. The molecule has 58 heavy (non-hydrogen) atoms. The van der Waals surface area contributed by atoms with Gasteiger partial charge >= 0.3 is 0 Å². The Kier molecular flexibility index (Phi) is 9.02. The number of nitrogens with zero attached hydrogens (tertiary/aromatic N) is 4. The lowest BCUT2D eigenvalue weighted by Gasteiger charge is -1.97. The van der Waals surface area contributed by atoms with Crippen LogP contribution in [0.4, 0.5) is 0 Å². The van der Waals surface area contributed by atoms with Crippen LogP contribution in [0.2, 0.25) is 0 Å². The average Bonchev–Trinajstić information content (AvgIpc) is 4.09. The van der Waals surface area contributed by atoms with Crippen molar-refractivity contribution in [3.63, 3.8) is 0 Å². The van der Waals surface area contributed by atoms with Crippen LogP contribution in [0, 0.1) is 0 Å². The smallest absolute Gasteiger partial charge is 0.0737 e. The van der Waals surface area contributed by atoms with Gasteiger partial charge in [0.25, 0.3) is 0 Å². The number of hydrogen-bond acceptors (Lipinski definition) is 4. The first-order chi connectivity index (χ1) is 28.6. The average molecular weight is 749 g/mol. The molecule has 8 nitrogen and oxygen atoms in total. The summed E-state index contributed by atoms with van der Waals surface area (Å²) in [6.45, 7) is 0. The van der Waals surface area contributed by atoms with Crippen molar-refractivity contribution in [3.8, 4) is 22.5 Å². The van der Waals surface area contributed by atoms with Gasteiger partial charge < -0.3 is 19.9 Å². The van der Waals surface area contributed by atoms with E-state index in [1.54, 1.807) is 0 Å². The summed E-state index contributed by atoms with van der Waals surface area (Å²) in [7, 11) is 0. The van der Waals surface area contributed by atoms with Gasteiger partial charge in [0.15, 0.2) is 0 Å². The molecule has 0 unspecified atom stereocenters. The Bertz CT molecular complexity index is 3130. The minimum atomic E-state index is 0.911. The molecule has 4 N–H and O–H groups in total. The molecule has 0 atom stereocenters. The highest BCUT2D eigenvalue weighted by molar-refractivity contribution is 5.87. The highest BCUT2D eigenvalue weighted by Gasteiger charge is 2.15. The maximum atomic E-state index is 4.90. The molecule has 8 aromatic rings. The monoisotopic (exact) mass is 748 g/mol. The predicted molar refractivity (Wildman–Crippen MR) is 240 cm³/mol. The maximum Gasteiger partial charge on any atom is 0.0737 e. The fourth-order valence-corrected chi connectivity index (χ4v) is 7.09. The van der Waals surface area contributed by atoms with Gasteiger partial charge in [0, 0.05) is 55.3 Å². The van der Waals surface area contributed by atoms with E-state index in [0.29, 0.717) is 0 Å². The molecule has 0 saturated carbocycles. The summed E-state index contributed by atoms with van der Waals surface area (Å²) in [4.78, 5) is 32.5. The third kappa shape index (κ3) is 7.84. The Balaban J connectivity index is 0.000000124. The van der Waals surface area contributed by atoms with E-state index in [1.165, 1.54) is 0 Å². The van der Waals surface area contributed by atoms with Gasteiger partial charge in [-0.25, -0.2) is 19.9 Å². The van der Waals surface area contributed by atoms with E-state index in [-0.39, 0.29) is 0 Å². The van der Waals surface area contributed by atoms with Crippen molar-refractivity contribution in [2.24, 2.45) is 0 Å². The molecule has 2 aromatic carbocycles. The van der Waals surface area contributed by atoms with Crippen LogP contribution < -0.4 is 0 Å². The minimum Gasteiger partial charge on any atom is -0.355 e. The van der Waals surface area contributed by atoms with Gasteiger partial charge in [-0.3, -0.25) is 0 Å². The normalized spacial score (nSPS) is 11.9. The third-order valence-electron chi connectivity index (χ3n) is 9.76. The molecule has 8 heteroatoms. The third-order valence-corrected chi connectivity index (χ3v) is 9.76. The molecule has 0 aliphatic carbocycles. The topological polar surface area (TPSA) is 115 Å². The Labute approximate surface area is 333 Å². The standard InChI is InChI=1S/C24H16N4.C20H14N4.C6H6/c1-2-4-22-21(3-1)23-13-19-9-7-17(26-19)11-15-5-6-16(25-15)12-18-8-10-20(27-18)14-24(22)28-23;1-2-14-10-16-5-6-18(23-16)12-20-8-7-19(24-20)11-17-4-3-15(22-17)9-13(1)21-14;1-2-4-6-5-3-1/h1-14,25-26H;1-12,21-22H;1-6H. The summed E-state index contributed by atoms with van der Waals surface area (Å²) in [5, 5.41) is 0. The lowest BCUT2D eigenvalue weighted by molar-refractivity contribution is 1.28. The second kappa shape index (κ2) is 15.2. The number of H-pyrrole nitrogens is 4. The maximum absolute atomic E-state index is 4.90. The van der Waals surface area contributed by atoms with E-state index in [4.69, 9.17) is 9.97 Å². The van der Waals surface area contributed by atoms with Gasteiger partial charge in [-0.05, 0) is 134 Å². The van der Waals surface area contributed by atoms with Gasteiger partial charge in [0.1, 0.15) is 0 Å². The Morgan fingerprint density at radius 1 is 0.241 bits per heavy atom. The molecule has 12 rings (SSSR count). The molecule has 6 aromatic heterocycles. The molecule has 4 aliphatic heterocycles. The van der Waals surface area contributed by atoms with Crippen molar-refractivity contribution in [3.05, 3.63) is 192 Å². The van der Waals surface area contributed by atoms with E-state index in [9.17, 15) is 0 Å². The van der Waals surface area contributed by atoms with E-state index in [2.05, 4.69) is 133 Å². The van der Waals surface area contributed by atoms with Crippen molar-refractivity contribution < 1.29 is 0 Å². The van der Waals surface area contributed by atoms with Crippen LogP contribution in [0.25, 0.3) is 103 Å². The Morgan fingerprint density at radius 2 is 0.534 bits per heavy atom. The van der Waals surface area contributed by atoms with Crippen LogP contribution in [-0.4, -0.2) is 39.9 Å². The van der Waals surface area contributed by atoms with Crippen molar-refractivity contribution in [1.29, 1.82) is 0 Å². The van der Waals surface area contributed by atoms with E-state index in [1.807, 2.05) is 91.1 Å². The van der Waals surface area contributed by atoms with Crippen LogP contribution in [0.1, 0.15) is 34.2 Å². The highest BCUT2D eigenvalue weighted by Crippen LogP contribution is 2.35. The van der Waals surface area contributed by atoms with Gasteiger partial charge in [0.2, 0.25) is 0 Å². The second-order valence-corrected chi connectivity index (χ2v) is 14.1. The molecule has 0 spiro atoms. The molecule has 276 valence electrons. The molecule has 0 fully saturated rings. The van der Waals surface area contributed by atoms with Crippen LogP contribution in [-0.2, 0) is 0 Å². The zero-order valence-electron chi connectivity index (χ0n) is 31.3. The molecular formula is C50H36N8. The summed E-state index contributed by atoms with van der Waals surface area (Å²) < 4.78 is 0. The largest absolute Gasteiger partial charge is 0.355 e. The first-order valence-electron chi connectivity index (χ1n) is 19.1. The minimum absolute atomic E-state index is 0.911. The highest BCUT2D eigenvalue weighted by atomic mass is 14.8. The van der Waals surface area contributed by atoms with Gasteiger partial charge in [-0.15, -0.1) is 0 Å². The number of hydrogen-bond donors (Lipinski definition) is 4. The van der Waals surface area contributed by atoms with E-state index >= 15 is 0 Å². The molecule has 10 heterocycles. The zero-order valence-corrected chi connectivity index (χ0v) is 31.3. The van der Waals surface area contributed by atoms with E-state index in [0.717, 1.165) is 101 Å².